The van der Waals surface area contributed by atoms with Crippen LogP contribution in [0.25, 0.3) is 0 Å². The van der Waals surface area contributed by atoms with Crippen molar-refractivity contribution in [3.05, 3.63) is 0 Å². The Kier molecular flexibility index (Phi) is 7.81. The van der Waals surface area contributed by atoms with E-state index >= 15 is 0 Å². The van der Waals surface area contributed by atoms with Gasteiger partial charge in [-0.3, -0.25) is 0 Å². The Balaban J connectivity index is 2.13. The fourth-order valence-electron chi connectivity index (χ4n) is 2.11. The molecule has 0 N–H and O–H groups in total. The minimum absolute atomic E-state index is 0.00393. The first kappa shape index (κ1) is 15.3. The third-order valence-electron chi connectivity index (χ3n) is 3.27. The standard InChI is InChI=1S/C14H26NO3/c1-3-5-6-7-9-12(4-2)17-14(16)18-13-10-8-11-15-13/h12-13H,3-11H2,1-2H3. The Morgan fingerprint density at radius 3 is 2.78 bits per heavy atom. The fraction of sp³-hybridized carbons (Fsp3) is 0.929. The van der Waals surface area contributed by atoms with Gasteiger partial charge in [0.1, 0.15) is 6.10 Å². The second kappa shape index (κ2) is 9.20. The Bertz CT molecular complexity index is 227. The van der Waals surface area contributed by atoms with Crippen LogP contribution in [0.4, 0.5) is 4.79 Å². The maximum atomic E-state index is 11.6. The van der Waals surface area contributed by atoms with Gasteiger partial charge < -0.3 is 9.47 Å². The zero-order valence-corrected chi connectivity index (χ0v) is 11.7. The second-order valence-corrected chi connectivity index (χ2v) is 4.87. The lowest BCUT2D eigenvalue weighted by molar-refractivity contribution is -0.00964. The summed E-state index contributed by atoms with van der Waals surface area (Å²) in [5.41, 5.74) is 0. The van der Waals surface area contributed by atoms with Crippen LogP contribution >= 0.6 is 0 Å². The molecule has 0 aromatic carbocycles. The molecular weight excluding hydrogens is 230 g/mol. The van der Waals surface area contributed by atoms with Gasteiger partial charge in [0.2, 0.25) is 0 Å². The van der Waals surface area contributed by atoms with Gasteiger partial charge in [-0.25, -0.2) is 10.1 Å². The van der Waals surface area contributed by atoms with Gasteiger partial charge in [-0.2, -0.15) is 0 Å². The molecule has 1 aliphatic rings. The van der Waals surface area contributed by atoms with E-state index in [9.17, 15) is 4.79 Å². The summed E-state index contributed by atoms with van der Waals surface area (Å²) in [6.45, 7) is 5.03. The summed E-state index contributed by atoms with van der Waals surface area (Å²) in [6.07, 6.45) is 7.62. The molecule has 0 saturated carbocycles. The maximum Gasteiger partial charge on any atom is 0.510 e. The highest BCUT2D eigenvalue weighted by molar-refractivity contribution is 5.60. The normalized spacial score (nSPS) is 20.7. The molecule has 1 heterocycles. The first-order valence-corrected chi connectivity index (χ1v) is 7.30. The second-order valence-electron chi connectivity index (χ2n) is 4.87. The first-order chi connectivity index (χ1) is 8.76. The van der Waals surface area contributed by atoms with Crippen molar-refractivity contribution < 1.29 is 14.3 Å². The van der Waals surface area contributed by atoms with E-state index in [4.69, 9.17) is 9.47 Å². The number of hydrogen-bond acceptors (Lipinski definition) is 3. The molecule has 0 spiro atoms. The van der Waals surface area contributed by atoms with Crippen LogP contribution in [-0.4, -0.2) is 25.0 Å². The summed E-state index contributed by atoms with van der Waals surface area (Å²) in [7, 11) is 0. The van der Waals surface area contributed by atoms with Crippen LogP contribution in [0.3, 0.4) is 0 Å². The minimum atomic E-state index is -0.548. The highest BCUT2D eigenvalue weighted by Gasteiger charge is 2.22. The summed E-state index contributed by atoms with van der Waals surface area (Å²) < 4.78 is 10.5. The summed E-state index contributed by atoms with van der Waals surface area (Å²) in [5, 5.41) is 4.17. The molecule has 0 aromatic heterocycles. The van der Waals surface area contributed by atoms with E-state index in [0.717, 1.165) is 38.6 Å². The fourth-order valence-corrected chi connectivity index (χ4v) is 2.11. The summed E-state index contributed by atoms with van der Waals surface area (Å²) in [6, 6.07) is 0. The Morgan fingerprint density at radius 2 is 2.17 bits per heavy atom. The van der Waals surface area contributed by atoms with Crippen molar-refractivity contribution in [2.24, 2.45) is 0 Å². The molecule has 4 heteroatoms. The molecule has 1 fully saturated rings. The zero-order valence-electron chi connectivity index (χ0n) is 11.7. The lowest BCUT2D eigenvalue weighted by Crippen LogP contribution is -2.26. The van der Waals surface area contributed by atoms with E-state index in [1.54, 1.807) is 0 Å². The minimum Gasteiger partial charge on any atom is -0.431 e. The molecule has 105 valence electrons. The van der Waals surface area contributed by atoms with E-state index in [0.29, 0.717) is 0 Å². The van der Waals surface area contributed by atoms with E-state index in [1.165, 1.54) is 19.3 Å². The highest BCUT2D eigenvalue weighted by Crippen LogP contribution is 2.14. The van der Waals surface area contributed by atoms with Gasteiger partial charge in [0.15, 0.2) is 6.23 Å². The van der Waals surface area contributed by atoms with Gasteiger partial charge in [0.05, 0.1) is 0 Å². The predicted molar refractivity (Wildman–Crippen MR) is 70.4 cm³/mol. The van der Waals surface area contributed by atoms with Gasteiger partial charge in [0.25, 0.3) is 0 Å². The van der Waals surface area contributed by atoms with E-state index in [-0.39, 0.29) is 12.3 Å². The van der Waals surface area contributed by atoms with Crippen LogP contribution in [-0.2, 0) is 9.47 Å². The Hall–Kier alpha value is -0.770. The van der Waals surface area contributed by atoms with Crippen molar-refractivity contribution in [3.63, 3.8) is 0 Å². The number of hydrogen-bond donors (Lipinski definition) is 0. The highest BCUT2D eigenvalue weighted by atomic mass is 16.7. The topological polar surface area (TPSA) is 49.6 Å². The van der Waals surface area contributed by atoms with Crippen LogP contribution in [0.2, 0.25) is 0 Å². The number of unbranched alkanes of at least 4 members (excludes halogenated alkanes) is 3. The smallest absolute Gasteiger partial charge is 0.431 e. The van der Waals surface area contributed by atoms with Crippen LogP contribution in [0, 0.1) is 0 Å². The van der Waals surface area contributed by atoms with E-state index in [2.05, 4.69) is 12.2 Å². The molecular formula is C14H26NO3. The summed E-state index contributed by atoms with van der Waals surface area (Å²) in [4.78, 5) is 11.6. The molecule has 2 atom stereocenters. The number of nitrogens with zero attached hydrogens (tertiary/aromatic N) is 1. The van der Waals surface area contributed by atoms with Crippen LogP contribution < -0.4 is 5.32 Å². The van der Waals surface area contributed by atoms with Crippen molar-refractivity contribution in [1.29, 1.82) is 0 Å². The Morgan fingerprint density at radius 1 is 1.33 bits per heavy atom. The molecule has 1 aliphatic heterocycles. The SMILES string of the molecule is CCCCCCC(CC)OC(=O)OC1CCC[N]1. The van der Waals surface area contributed by atoms with Gasteiger partial charge in [-0.1, -0.05) is 33.1 Å². The molecule has 4 nitrogen and oxygen atoms in total. The lowest BCUT2D eigenvalue weighted by atomic mass is 10.1. The van der Waals surface area contributed by atoms with Gasteiger partial charge >= 0.3 is 6.16 Å². The average Bonchev–Trinajstić information content (AvgIpc) is 2.85. The van der Waals surface area contributed by atoms with Crippen LogP contribution in [0.15, 0.2) is 0 Å². The molecule has 18 heavy (non-hydrogen) atoms. The number of ether oxygens (including phenoxy) is 2. The molecule has 0 aliphatic carbocycles. The largest absolute Gasteiger partial charge is 0.510 e. The van der Waals surface area contributed by atoms with Crippen molar-refractivity contribution in [3.8, 4) is 0 Å². The van der Waals surface area contributed by atoms with Crippen LogP contribution in [0.5, 0.6) is 0 Å². The van der Waals surface area contributed by atoms with Crippen molar-refractivity contribution >= 4 is 6.16 Å². The average molecular weight is 256 g/mol. The summed E-state index contributed by atoms with van der Waals surface area (Å²) >= 11 is 0. The quantitative estimate of drug-likeness (QED) is 0.492. The lowest BCUT2D eigenvalue weighted by Gasteiger charge is -2.17. The number of carbonyl (C=O) groups is 1. The first-order valence-electron chi connectivity index (χ1n) is 7.30. The third kappa shape index (κ3) is 6.24. The number of rotatable bonds is 8. The number of carbonyl (C=O) groups excluding carboxylic acids is 1. The van der Waals surface area contributed by atoms with Crippen LogP contribution in [0.1, 0.15) is 65.2 Å². The van der Waals surface area contributed by atoms with Crippen molar-refractivity contribution in [2.45, 2.75) is 77.5 Å². The molecule has 0 amide bonds. The van der Waals surface area contributed by atoms with Crippen molar-refractivity contribution in [1.82, 2.24) is 5.32 Å². The zero-order chi connectivity index (χ0) is 13.2. The molecule has 1 rings (SSSR count). The van der Waals surface area contributed by atoms with E-state index in [1.807, 2.05) is 6.92 Å². The molecule has 2 unspecified atom stereocenters. The van der Waals surface area contributed by atoms with E-state index < -0.39 is 6.16 Å². The third-order valence-corrected chi connectivity index (χ3v) is 3.27. The Labute approximate surface area is 110 Å². The van der Waals surface area contributed by atoms with Gasteiger partial charge in [-0.05, 0) is 25.7 Å². The predicted octanol–water partition coefficient (Wildman–Crippen LogP) is 3.61. The molecule has 0 bridgehead atoms. The summed E-state index contributed by atoms with van der Waals surface area (Å²) in [5.74, 6) is 0. The monoisotopic (exact) mass is 256 g/mol. The maximum absolute atomic E-state index is 11.6. The molecule has 1 radical (unpaired) electrons. The molecule has 1 saturated heterocycles. The molecule has 0 aromatic rings. The van der Waals surface area contributed by atoms with Gasteiger partial charge in [-0.15, -0.1) is 0 Å². The van der Waals surface area contributed by atoms with Crippen molar-refractivity contribution in [2.75, 3.05) is 6.54 Å². The van der Waals surface area contributed by atoms with Gasteiger partial charge in [0, 0.05) is 13.0 Å².